The molecule has 0 bridgehead atoms. The van der Waals surface area contributed by atoms with Gasteiger partial charge < -0.3 is 9.42 Å². The molecule has 0 unspecified atom stereocenters. The van der Waals surface area contributed by atoms with E-state index in [-0.39, 0.29) is 11.9 Å². The number of carbonyl (C=O) groups is 1. The van der Waals surface area contributed by atoms with Crippen LogP contribution in [0.5, 0.6) is 0 Å². The molecule has 24 heavy (non-hydrogen) atoms. The highest BCUT2D eigenvalue weighted by atomic mass is 16.5. The van der Waals surface area contributed by atoms with Gasteiger partial charge in [-0.1, -0.05) is 30.3 Å². The third-order valence-corrected chi connectivity index (χ3v) is 5.18. The maximum Gasteiger partial charge on any atom is 0.227 e. The van der Waals surface area contributed by atoms with Crippen molar-refractivity contribution in [2.75, 3.05) is 6.54 Å². The van der Waals surface area contributed by atoms with E-state index in [2.05, 4.69) is 28.3 Å². The van der Waals surface area contributed by atoms with Crippen molar-refractivity contribution < 1.29 is 9.32 Å². The molecule has 0 N–H and O–H groups in total. The number of hydrogen-bond acceptors (Lipinski definition) is 4. The van der Waals surface area contributed by atoms with Gasteiger partial charge in [0.15, 0.2) is 5.82 Å². The summed E-state index contributed by atoms with van der Waals surface area (Å²) in [5.74, 6) is 1.47. The summed E-state index contributed by atoms with van der Waals surface area (Å²) < 4.78 is 5.22. The number of amides is 1. The summed E-state index contributed by atoms with van der Waals surface area (Å²) in [6.07, 6.45) is 6.65. The Morgan fingerprint density at radius 3 is 3.00 bits per heavy atom. The molecule has 1 amide bonds. The minimum absolute atomic E-state index is 0.0315. The first kappa shape index (κ1) is 15.4. The maximum absolute atomic E-state index is 12.8. The van der Waals surface area contributed by atoms with Crippen molar-refractivity contribution >= 4 is 5.91 Å². The molecule has 1 atom stereocenters. The van der Waals surface area contributed by atoms with Crippen molar-refractivity contribution in [1.82, 2.24) is 15.0 Å². The van der Waals surface area contributed by atoms with E-state index in [1.807, 2.05) is 11.8 Å². The molecular weight excluding hydrogens is 302 g/mol. The lowest BCUT2D eigenvalue weighted by atomic mass is 10.0. The van der Waals surface area contributed by atoms with E-state index in [1.165, 1.54) is 24.0 Å². The minimum Gasteiger partial charge on any atom is -0.339 e. The van der Waals surface area contributed by atoms with E-state index in [0.717, 1.165) is 37.8 Å². The zero-order chi connectivity index (χ0) is 16.5. The second-order valence-electron chi connectivity index (χ2n) is 6.78. The van der Waals surface area contributed by atoms with Gasteiger partial charge in [0.25, 0.3) is 0 Å². The van der Waals surface area contributed by atoms with Crippen molar-refractivity contribution in [3.63, 3.8) is 0 Å². The zero-order valence-electron chi connectivity index (χ0n) is 14.1. The molecule has 1 aromatic carbocycles. The van der Waals surface area contributed by atoms with E-state index in [9.17, 15) is 4.79 Å². The van der Waals surface area contributed by atoms with E-state index in [1.54, 1.807) is 0 Å². The Labute approximate surface area is 142 Å². The van der Waals surface area contributed by atoms with Gasteiger partial charge in [-0.05, 0) is 48.8 Å². The first-order valence-electron chi connectivity index (χ1n) is 8.97. The Morgan fingerprint density at radius 2 is 2.17 bits per heavy atom. The predicted octanol–water partition coefficient (Wildman–Crippen LogP) is 3.03. The lowest BCUT2D eigenvalue weighted by Gasteiger charge is -2.22. The molecule has 2 aliphatic rings. The number of likely N-dealkylation sites (tertiary alicyclic amines) is 1. The number of rotatable bonds is 4. The van der Waals surface area contributed by atoms with Crippen LogP contribution in [0.3, 0.4) is 0 Å². The quantitative estimate of drug-likeness (QED) is 0.867. The second kappa shape index (κ2) is 6.38. The van der Waals surface area contributed by atoms with Gasteiger partial charge in [0.2, 0.25) is 11.8 Å². The van der Waals surface area contributed by atoms with Crippen molar-refractivity contribution in [3.05, 3.63) is 46.6 Å². The molecule has 1 fully saturated rings. The predicted molar refractivity (Wildman–Crippen MR) is 89.5 cm³/mol. The van der Waals surface area contributed by atoms with Crippen LogP contribution in [0.2, 0.25) is 0 Å². The Kier molecular flexibility index (Phi) is 4.08. The summed E-state index contributed by atoms with van der Waals surface area (Å²) in [6.45, 7) is 2.77. The first-order valence-corrected chi connectivity index (χ1v) is 8.97. The molecule has 0 spiro atoms. The minimum atomic E-state index is -0.0315. The summed E-state index contributed by atoms with van der Waals surface area (Å²) in [4.78, 5) is 19.2. The summed E-state index contributed by atoms with van der Waals surface area (Å²) in [7, 11) is 0. The average Bonchev–Trinajstić information content (AvgIpc) is 3.32. The Morgan fingerprint density at radius 1 is 1.29 bits per heavy atom. The molecule has 1 aliphatic heterocycles. The molecule has 1 aliphatic carbocycles. The molecule has 5 heteroatoms. The number of benzene rings is 1. The van der Waals surface area contributed by atoms with Crippen LogP contribution >= 0.6 is 0 Å². The molecule has 1 aromatic heterocycles. The molecule has 2 heterocycles. The molecule has 0 saturated carbocycles. The first-order chi connectivity index (χ1) is 11.7. The smallest absolute Gasteiger partial charge is 0.227 e. The van der Waals surface area contributed by atoms with Crippen molar-refractivity contribution in [1.29, 1.82) is 0 Å². The molecule has 0 radical (unpaired) electrons. The fraction of sp³-hybridized carbons (Fsp3) is 0.526. The monoisotopic (exact) mass is 325 g/mol. The van der Waals surface area contributed by atoms with Crippen LogP contribution in [0.25, 0.3) is 0 Å². The van der Waals surface area contributed by atoms with Crippen LogP contribution in [-0.4, -0.2) is 27.5 Å². The number of nitrogens with zero attached hydrogens (tertiary/aromatic N) is 3. The number of hydrogen-bond donors (Lipinski definition) is 0. The fourth-order valence-electron chi connectivity index (χ4n) is 3.89. The van der Waals surface area contributed by atoms with Crippen LogP contribution in [0, 0.1) is 0 Å². The molecule has 1 saturated heterocycles. The molecule has 5 nitrogen and oxygen atoms in total. The summed E-state index contributed by atoms with van der Waals surface area (Å²) >= 11 is 0. The molecule has 4 rings (SSSR count). The van der Waals surface area contributed by atoms with Gasteiger partial charge in [0.05, 0.1) is 12.5 Å². The van der Waals surface area contributed by atoms with E-state index >= 15 is 0 Å². The number of carbonyl (C=O) groups excluding carboxylic acids is 1. The normalized spacial score (nSPS) is 19.7. The second-order valence-corrected chi connectivity index (χ2v) is 6.78. The summed E-state index contributed by atoms with van der Waals surface area (Å²) in [5.41, 5.74) is 3.99. The maximum atomic E-state index is 12.8. The van der Waals surface area contributed by atoms with Gasteiger partial charge in [-0.3, -0.25) is 4.79 Å². The van der Waals surface area contributed by atoms with Crippen molar-refractivity contribution in [3.8, 4) is 0 Å². The van der Waals surface area contributed by atoms with Crippen LogP contribution < -0.4 is 0 Å². The van der Waals surface area contributed by atoms with Gasteiger partial charge in [-0.15, -0.1) is 0 Å². The van der Waals surface area contributed by atoms with Crippen molar-refractivity contribution in [2.24, 2.45) is 0 Å². The highest BCUT2D eigenvalue weighted by molar-refractivity contribution is 5.79. The Hall–Kier alpha value is -2.17. The lowest BCUT2D eigenvalue weighted by molar-refractivity contribution is -0.131. The largest absolute Gasteiger partial charge is 0.339 e. The van der Waals surface area contributed by atoms with Gasteiger partial charge in [-0.2, -0.15) is 4.98 Å². The van der Waals surface area contributed by atoms with Crippen LogP contribution in [0.4, 0.5) is 0 Å². The van der Waals surface area contributed by atoms with Gasteiger partial charge in [0, 0.05) is 13.0 Å². The topological polar surface area (TPSA) is 59.2 Å². The van der Waals surface area contributed by atoms with E-state index in [0.29, 0.717) is 18.1 Å². The number of fused-ring (bicyclic) bond motifs is 1. The molecule has 126 valence electrons. The number of aryl methyl sites for hydroxylation is 3. The Balaban J connectivity index is 1.48. The highest BCUT2D eigenvalue weighted by Gasteiger charge is 2.33. The van der Waals surface area contributed by atoms with E-state index in [4.69, 9.17) is 4.52 Å². The van der Waals surface area contributed by atoms with Gasteiger partial charge >= 0.3 is 0 Å². The van der Waals surface area contributed by atoms with Crippen LogP contribution in [-0.2, 0) is 30.5 Å². The van der Waals surface area contributed by atoms with Gasteiger partial charge in [0.1, 0.15) is 0 Å². The van der Waals surface area contributed by atoms with Gasteiger partial charge in [-0.25, -0.2) is 0 Å². The zero-order valence-corrected chi connectivity index (χ0v) is 14.1. The van der Waals surface area contributed by atoms with Crippen molar-refractivity contribution in [2.45, 2.75) is 57.9 Å². The molecule has 2 aromatic rings. The van der Waals surface area contributed by atoms with E-state index < -0.39 is 0 Å². The van der Waals surface area contributed by atoms with Crippen LogP contribution in [0.1, 0.15) is 60.6 Å². The highest BCUT2D eigenvalue weighted by Crippen LogP contribution is 2.31. The summed E-state index contributed by atoms with van der Waals surface area (Å²) in [5, 5.41) is 4.08. The third-order valence-electron chi connectivity index (χ3n) is 5.18. The van der Waals surface area contributed by atoms with Crippen LogP contribution in [0.15, 0.2) is 22.7 Å². The standard InChI is InChI=1S/C19H23N3O2/c1-2-17-20-19(21-24-17)16-7-4-10-22(16)18(23)12-13-8-9-14-5-3-6-15(14)11-13/h8-9,11,16H,2-7,10,12H2,1H3/t16-/m0/s1. The average molecular weight is 325 g/mol. The molecular formula is C19H23N3O2. The Bertz CT molecular complexity index is 753. The number of aromatic nitrogens is 2. The SMILES string of the molecule is CCc1nc([C@@H]2CCCN2C(=O)Cc2ccc3c(c2)CCC3)no1. The third kappa shape index (κ3) is 2.83. The summed E-state index contributed by atoms with van der Waals surface area (Å²) in [6, 6.07) is 6.49. The fourth-order valence-corrected chi connectivity index (χ4v) is 3.89. The lowest BCUT2D eigenvalue weighted by Crippen LogP contribution is -2.32.